The Morgan fingerprint density at radius 2 is 2.50 bits per heavy atom. The van der Waals surface area contributed by atoms with Crippen LogP contribution >= 0.6 is 22.9 Å². The van der Waals surface area contributed by atoms with Crippen molar-refractivity contribution in [2.45, 2.75) is 31.7 Å². The average molecular weight is 202 g/mol. The molecule has 0 saturated carbocycles. The third kappa shape index (κ3) is 1.28. The molecule has 1 heterocycles. The maximum absolute atomic E-state index is 5.93. The quantitative estimate of drug-likeness (QED) is 0.743. The molecule has 1 nitrogen and oxygen atoms in total. The fourth-order valence-electron chi connectivity index (χ4n) is 1.91. The fourth-order valence-corrected chi connectivity index (χ4v) is 3.27. The van der Waals surface area contributed by atoms with Crippen LogP contribution in [-0.4, -0.2) is 6.04 Å². The molecule has 3 heteroatoms. The van der Waals surface area contributed by atoms with Crippen molar-refractivity contribution < 1.29 is 0 Å². The second-order valence-corrected chi connectivity index (χ2v) is 5.20. The number of nitrogens with two attached hydrogens (primary N) is 1. The summed E-state index contributed by atoms with van der Waals surface area (Å²) in [6.45, 7) is 2.07. The van der Waals surface area contributed by atoms with Crippen molar-refractivity contribution in [3.8, 4) is 0 Å². The van der Waals surface area contributed by atoms with E-state index >= 15 is 0 Å². The van der Waals surface area contributed by atoms with Gasteiger partial charge in [0.15, 0.2) is 0 Å². The first-order chi connectivity index (χ1) is 5.68. The van der Waals surface area contributed by atoms with Crippen LogP contribution in [0.25, 0.3) is 0 Å². The van der Waals surface area contributed by atoms with Crippen LogP contribution in [0.15, 0.2) is 6.07 Å². The Morgan fingerprint density at radius 1 is 1.75 bits per heavy atom. The molecule has 12 heavy (non-hydrogen) atoms. The Hall–Kier alpha value is -0.0500. The number of thiophene rings is 1. The van der Waals surface area contributed by atoms with Crippen LogP contribution in [0.4, 0.5) is 0 Å². The largest absolute Gasteiger partial charge is 0.327 e. The van der Waals surface area contributed by atoms with Crippen molar-refractivity contribution in [3.63, 3.8) is 0 Å². The van der Waals surface area contributed by atoms with Gasteiger partial charge in [-0.15, -0.1) is 11.3 Å². The van der Waals surface area contributed by atoms with E-state index in [9.17, 15) is 0 Å². The van der Waals surface area contributed by atoms with E-state index in [2.05, 4.69) is 13.0 Å². The highest BCUT2D eigenvalue weighted by Gasteiger charge is 2.27. The van der Waals surface area contributed by atoms with E-state index in [0.717, 1.165) is 4.34 Å². The van der Waals surface area contributed by atoms with E-state index < -0.39 is 0 Å². The minimum atomic E-state index is 0.261. The zero-order valence-electron chi connectivity index (χ0n) is 7.01. The molecule has 0 spiro atoms. The molecule has 1 aromatic rings. The van der Waals surface area contributed by atoms with Gasteiger partial charge in [-0.2, -0.15) is 0 Å². The zero-order chi connectivity index (χ0) is 8.72. The van der Waals surface area contributed by atoms with E-state index in [0.29, 0.717) is 5.92 Å². The molecule has 1 aromatic heterocycles. The van der Waals surface area contributed by atoms with Crippen molar-refractivity contribution in [1.82, 2.24) is 0 Å². The summed E-state index contributed by atoms with van der Waals surface area (Å²) >= 11 is 7.63. The molecule has 0 saturated heterocycles. The normalized spacial score (nSPS) is 24.1. The molecule has 2 rings (SSSR count). The number of aryl methyl sites for hydroxylation is 1. The molecular weight excluding hydrogens is 190 g/mol. The molecule has 0 aliphatic heterocycles. The predicted octanol–water partition coefficient (Wildman–Crippen LogP) is 2.78. The lowest BCUT2D eigenvalue weighted by atomic mass is 9.97. The molecule has 0 bridgehead atoms. The molecule has 66 valence electrons. The summed E-state index contributed by atoms with van der Waals surface area (Å²) < 4.78 is 0.908. The van der Waals surface area contributed by atoms with Crippen molar-refractivity contribution >= 4 is 22.9 Å². The smallest absolute Gasteiger partial charge is 0.0934 e. The van der Waals surface area contributed by atoms with Gasteiger partial charge in [-0.3, -0.25) is 0 Å². The Bertz CT molecular complexity index is 293. The summed E-state index contributed by atoms with van der Waals surface area (Å²) in [5, 5.41) is 0. The number of hydrogen-bond acceptors (Lipinski definition) is 2. The zero-order valence-corrected chi connectivity index (χ0v) is 8.58. The van der Waals surface area contributed by atoms with E-state index in [1.807, 2.05) is 0 Å². The summed E-state index contributed by atoms with van der Waals surface area (Å²) in [6, 6.07) is 2.35. The molecular formula is C9H12ClNS. The van der Waals surface area contributed by atoms with Crippen LogP contribution in [0.2, 0.25) is 4.34 Å². The second-order valence-electron chi connectivity index (χ2n) is 3.43. The number of halogens is 1. The minimum Gasteiger partial charge on any atom is -0.327 e. The van der Waals surface area contributed by atoms with Crippen LogP contribution in [0.1, 0.15) is 29.7 Å². The van der Waals surface area contributed by atoms with Gasteiger partial charge in [0.2, 0.25) is 0 Å². The number of fused-ring (bicyclic) bond motifs is 1. The molecule has 1 aliphatic rings. The van der Waals surface area contributed by atoms with Gasteiger partial charge in [-0.1, -0.05) is 11.6 Å². The Balaban J connectivity index is 2.34. The maximum atomic E-state index is 5.93. The highest BCUT2D eigenvalue weighted by atomic mass is 35.5. The first kappa shape index (κ1) is 8.54. The van der Waals surface area contributed by atoms with Gasteiger partial charge in [0.1, 0.15) is 0 Å². The molecule has 0 aromatic carbocycles. The van der Waals surface area contributed by atoms with Gasteiger partial charge in [-0.05, 0) is 31.4 Å². The summed E-state index contributed by atoms with van der Waals surface area (Å²) in [4.78, 5) is 1.45. The molecule has 1 aliphatic carbocycles. The van der Waals surface area contributed by atoms with Gasteiger partial charge in [0.05, 0.1) is 4.34 Å². The number of hydrogen-bond donors (Lipinski definition) is 1. The fraction of sp³-hybridized carbons (Fsp3) is 0.556. The van der Waals surface area contributed by atoms with E-state index in [4.69, 9.17) is 17.3 Å². The third-order valence-corrected chi connectivity index (χ3v) is 3.87. The Labute approximate surface area is 81.5 Å². The third-order valence-electron chi connectivity index (χ3n) is 2.53. The molecule has 2 unspecified atom stereocenters. The lowest BCUT2D eigenvalue weighted by Crippen LogP contribution is -2.22. The van der Waals surface area contributed by atoms with Crippen LogP contribution in [0.5, 0.6) is 0 Å². The topological polar surface area (TPSA) is 26.0 Å². The van der Waals surface area contributed by atoms with Gasteiger partial charge in [-0.25, -0.2) is 0 Å². The molecule has 2 atom stereocenters. The van der Waals surface area contributed by atoms with Crippen molar-refractivity contribution in [1.29, 1.82) is 0 Å². The number of rotatable bonds is 1. The summed E-state index contributed by atoms with van der Waals surface area (Å²) in [6.07, 6.45) is 2.37. The molecule has 0 radical (unpaired) electrons. The van der Waals surface area contributed by atoms with Gasteiger partial charge in [0.25, 0.3) is 0 Å². The van der Waals surface area contributed by atoms with E-state index in [-0.39, 0.29) is 6.04 Å². The van der Waals surface area contributed by atoms with Gasteiger partial charge >= 0.3 is 0 Å². The Kier molecular flexibility index (Phi) is 2.15. The SMILES string of the molecule is CC(N)C1CCc2sc(Cl)cc21. The molecule has 2 N–H and O–H groups in total. The highest BCUT2D eigenvalue weighted by molar-refractivity contribution is 7.16. The first-order valence-electron chi connectivity index (χ1n) is 4.22. The monoisotopic (exact) mass is 201 g/mol. The highest BCUT2D eigenvalue weighted by Crippen LogP contribution is 2.41. The first-order valence-corrected chi connectivity index (χ1v) is 5.41. The van der Waals surface area contributed by atoms with Crippen molar-refractivity contribution in [2.24, 2.45) is 5.73 Å². The minimum absolute atomic E-state index is 0.261. The standard InChI is InChI=1S/C9H12ClNS/c1-5(11)6-2-3-8-7(6)4-9(10)12-8/h4-6H,2-3,11H2,1H3. The summed E-state index contributed by atoms with van der Waals surface area (Å²) in [5.74, 6) is 0.545. The van der Waals surface area contributed by atoms with Crippen LogP contribution in [0.3, 0.4) is 0 Å². The van der Waals surface area contributed by atoms with Gasteiger partial charge < -0.3 is 5.73 Å². The lowest BCUT2D eigenvalue weighted by molar-refractivity contribution is 0.564. The van der Waals surface area contributed by atoms with Crippen LogP contribution < -0.4 is 5.73 Å². The van der Waals surface area contributed by atoms with Crippen molar-refractivity contribution in [3.05, 3.63) is 20.8 Å². The van der Waals surface area contributed by atoms with Gasteiger partial charge in [0, 0.05) is 16.8 Å². The maximum Gasteiger partial charge on any atom is 0.0934 e. The van der Waals surface area contributed by atoms with Crippen LogP contribution in [-0.2, 0) is 6.42 Å². The molecule has 0 amide bonds. The summed E-state index contributed by atoms with van der Waals surface area (Å²) in [7, 11) is 0. The molecule has 0 fully saturated rings. The van der Waals surface area contributed by atoms with Crippen LogP contribution in [0, 0.1) is 0 Å². The predicted molar refractivity (Wildman–Crippen MR) is 54.0 cm³/mol. The summed E-state index contributed by atoms with van der Waals surface area (Å²) in [5.41, 5.74) is 7.29. The lowest BCUT2D eigenvalue weighted by Gasteiger charge is -2.13. The second kappa shape index (κ2) is 3.02. The van der Waals surface area contributed by atoms with E-state index in [1.54, 1.807) is 11.3 Å². The van der Waals surface area contributed by atoms with Crippen molar-refractivity contribution in [2.75, 3.05) is 0 Å². The Morgan fingerprint density at radius 3 is 3.17 bits per heavy atom. The van der Waals surface area contributed by atoms with E-state index in [1.165, 1.54) is 23.3 Å². The average Bonchev–Trinajstić information content (AvgIpc) is 2.43.